The number of hydrogen-bond donors (Lipinski definition) is 0. The van der Waals surface area contributed by atoms with Gasteiger partial charge in [-0.15, -0.1) is 11.6 Å². The topological polar surface area (TPSA) is 0 Å². The molecule has 0 spiro atoms. The quantitative estimate of drug-likeness (QED) is 0.693. The Bertz CT molecular complexity index is 344. The molecule has 0 aliphatic heterocycles. The molecular weight excluding hydrogens is 237 g/mol. The van der Waals surface area contributed by atoms with E-state index in [4.69, 9.17) is 11.6 Å². The molecule has 0 aromatic heterocycles. The molecule has 0 bridgehead atoms. The fourth-order valence-corrected chi connectivity index (χ4v) is 1.59. The monoisotopic (exact) mass is 250 g/mol. The summed E-state index contributed by atoms with van der Waals surface area (Å²) < 4.78 is 38.0. The maximum atomic E-state index is 12.7. The van der Waals surface area contributed by atoms with E-state index in [1.54, 1.807) is 6.07 Å². The molecular formula is C12H14ClF3. The summed E-state index contributed by atoms with van der Waals surface area (Å²) in [6, 6.07) is 5.58. The van der Waals surface area contributed by atoms with Gasteiger partial charge in [0.25, 0.3) is 0 Å². The predicted molar refractivity (Wildman–Crippen MR) is 59.6 cm³/mol. The van der Waals surface area contributed by atoms with E-state index in [0.717, 1.165) is 6.07 Å². The summed E-state index contributed by atoms with van der Waals surface area (Å²) >= 11 is 6.00. The van der Waals surface area contributed by atoms with Crippen molar-refractivity contribution in [3.05, 3.63) is 35.4 Å². The van der Waals surface area contributed by atoms with Crippen molar-refractivity contribution in [2.45, 2.75) is 31.8 Å². The Hall–Kier alpha value is -0.700. The molecule has 0 radical (unpaired) electrons. The van der Waals surface area contributed by atoms with Gasteiger partial charge in [0.15, 0.2) is 0 Å². The summed E-state index contributed by atoms with van der Waals surface area (Å²) in [5.74, 6) is 0.156. The first-order chi connectivity index (χ1) is 7.32. The van der Waals surface area contributed by atoms with E-state index in [9.17, 15) is 13.2 Å². The largest absolute Gasteiger partial charge is 0.416 e. The summed E-state index contributed by atoms with van der Waals surface area (Å²) in [6.07, 6.45) is -4.06. The highest BCUT2D eigenvalue weighted by Crippen LogP contribution is 2.33. The predicted octanol–water partition coefficient (Wildman–Crippen LogP) is 4.51. The number of hydrogen-bond acceptors (Lipinski definition) is 0. The molecule has 90 valence electrons. The molecule has 1 aromatic carbocycles. The van der Waals surface area contributed by atoms with Crippen LogP contribution >= 0.6 is 11.6 Å². The Morgan fingerprint density at radius 2 is 1.75 bits per heavy atom. The summed E-state index contributed by atoms with van der Waals surface area (Å²) in [4.78, 5) is 0. The average Bonchev–Trinajstić information content (AvgIpc) is 2.16. The number of alkyl halides is 4. The molecule has 0 nitrogen and oxygen atoms in total. The Balaban J connectivity index is 2.96. The minimum Gasteiger partial charge on any atom is -0.166 e. The fourth-order valence-electron chi connectivity index (χ4n) is 1.42. The van der Waals surface area contributed by atoms with Gasteiger partial charge in [-0.3, -0.25) is 0 Å². The lowest BCUT2D eigenvalue weighted by atomic mass is 9.98. The van der Waals surface area contributed by atoms with Gasteiger partial charge in [-0.25, -0.2) is 0 Å². The maximum absolute atomic E-state index is 12.7. The summed E-state index contributed by atoms with van der Waals surface area (Å²) in [5, 5.41) is -0.275. The summed E-state index contributed by atoms with van der Waals surface area (Å²) in [7, 11) is 0. The van der Waals surface area contributed by atoms with Crippen molar-refractivity contribution < 1.29 is 13.2 Å². The second-order valence-corrected chi connectivity index (χ2v) is 4.68. The van der Waals surface area contributed by atoms with Crippen molar-refractivity contribution in [3.8, 4) is 0 Å². The number of benzene rings is 1. The van der Waals surface area contributed by atoms with Crippen LogP contribution in [0.2, 0.25) is 0 Å². The van der Waals surface area contributed by atoms with E-state index >= 15 is 0 Å². The number of halogens is 4. The third kappa shape index (κ3) is 3.41. The SMILES string of the molecule is CC(C)C(Cl)Cc1ccccc1C(F)(F)F. The van der Waals surface area contributed by atoms with Crippen LogP contribution in [0.25, 0.3) is 0 Å². The number of rotatable bonds is 3. The smallest absolute Gasteiger partial charge is 0.166 e. The van der Waals surface area contributed by atoms with Gasteiger partial charge >= 0.3 is 6.18 Å². The highest BCUT2D eigenvalue weighted by Gasteiger charge is 2.33. The van der Waals surface area contributed by atoms with Crippen LogP contribution in [-0.4, -0.2) is 5.38 Å². The normalized spacial score (nSPS) is 14.2. The van der Waals surface area contributed by atoms with Crippen LogP contribution < -0.4 is 0 Å². The van der Waals surface area contributed by atoms with E-state index in [1.807, 2.05) is 13.8 Å². The van der Waals surface area contributed by atoms with Crippen LogP contribution in [0.3, 0.4) is 0 Å². The Kier molecular flexibility index (Phi) is 4.25. The van der Waals surface area contributed by atoms with Crippen molar-refractivity contribution in [1.29, 1.82) is 0 Å². The van der Waals surface area contributed by atoms with Crippen LogP contribution in [0.5, 0.6) is 0 Å². The van der Waals surface area contributed by atoms with Gasteiger partial charge in [0, 0.05) is 5.38 Å². The molecule has 1 unspecified atom stereocenters. The van der Waals surface area contributed by atoms with Gasteiger partial charge in [-0.2, -0.15) is 13.2 Å². The molecule has 1 rings (SSSR count). The Morgan fingerprint density at radius 1 is 1.19 bits per heavy atom. The molecule has 0 fully saturated rings. The first kappa shape index (κ1) is 13.4. The van der Waals surface area contributed by atoms with Crippen LogP contribution in [-0.2, 0) is 12.6 Å². The van der Waals surface area contributed by atoms with E-state index in [0.29, 0.717) is 0 Å². The zero-order valence-corrected chi connectivity index (χ0v) is 9.94. The van der Waals surface area contributed by atoms with Crippen molar-refractivity contribution in [1.82, 2.24) is 0 Å². The van der Waals surface area contributed by atoms with Gasteiger partial charge in [-0.05, 0) is 24.0 Å². The molecule has 0 amide bonds. The lowest BCUT2D eigenvalue weighted by molar-refractivity contribution is -0.138. The maximum Gasteiger partial charge on any atom is 0.416 e. The van der Waals surface area contributed by atoms with Crippen molar-refractivity contribution in [2.75, 3.05) is 0 Å². The van der Waals surface area contributed by atoms with Gasteiger partial charge in [0.05, 0.1) is 5.56 Å². The minimum absolute atomic E-state index is 0.156. The third-order valence-corrected chi connectivity index (χ3v) is 3.12. The van der Waals surface area contributed by atoms with Crippen molar-refractivity contribution in [2.24, 2.45) is 5.92 Å². The molecule has 0 N–H and O–H groups in total. The zero-order chi connectivity index (χ0) is 12.3. The molecule has 0 heterocycles. The van der Waals surface area contributed by atoms with Crippen molar-refractivity contribution >= 4 is 11.6 Å². The summed E-state index contributed by atoms with van der Waals surface area (Å²) in [5.41, 5.74) is -0.315. The first-order valence-corrected chi connectivity index (χ1v) is 5.55. The molecule has 1 aromatic rings. The minimum atomic E-state index is -4.30. The van der Waals surface area contributed by atoms with E-state index < -0.39 is 11.7 Å². The third-order valence-electron chi connectivity index (χ3n) is 2.46. The Labute approximate surface area is 98.4 Å². The van der Waals surface area contributed by atoms with E-state index in [1.165, 1.54) is 12.1 Å². The van der Waals surface area contributed by atoms with Crippen LogP contribution in [0.4, 0.5) is 13.2 Å². The van der Waals surface area contributed by atoms with E-state index in [2.05, 4.69) is 0 Å². The zero-order valence-electron chi connectivity index (χ0n) is 9.18. The molecule has 4 heteroatoms. The van der Waals surface area contributed by atoms with E-state index in [-0.39, 0.29) is 23.3 Å². The second-order valence-electron chi connectivity index (χ2n) is 4.12. The molecule has 0 aliphatic carbocycles. The molecule has 1 atom stereocenters. The van der Waals surface area contributed by atoms with Crippen LogP contribution in [0.1, 0.15) is 25.0 Å². The lowest BCUT2D eigenvalue weighted by Gasteiger charge is -2.17. The standard InChI is InChI=1S/C12H14ClF3/c1-8(2)11(13)7-9-5-3-4-6-10(9)12(14,15)16/h3-6,8,11H,7H2,1-2H3. The average molecular weight is 251 g/mol. The first-order valence-electron chi connectivity index (χ1n) is 5.11. The van der Waals surface area contributed by atoms with Gasteiger partial charge in [0.1, 0.15) is 0 Å². The van der Waals surface area contributed by atoms with Crippen molar-refractivity contribution in [3.63, 3.8) is 0 Å². The van der Waals surface area contributed by atoms with Gasteiger partial charge in [-0.1, -0.05) is 32.0 Å². The van der Waals surface area contributed by atoms with Gasteiger partial charge in [0.2, 0.25) is 0 Å². The van der Waals surface area contributed by atoms with Gasteiger partial charge < -0.3 is 0 Å². The highest BCUT2D eigenvalue weighted by atomic mass is 35.5. The fraction of sp³-hybridized carbons (Fsp3) is 0.500. The molecule has 16 heavy (non-hydrogen) atoms. The van der Waals surface area contributed by atoms with Crippen LogP contribution in [0, 0.1) is 5.92 Å². The van der Waals surface area contributed by atoms with Crippen LogP contribution in [0.15, 0.2) is 24.3 Å². The molecule has 0 saturated heterocycles. The highest BCUT2D eigenvalue weighted by molar-refractivity contribution is 6.20. The Morgan fingerprint density at radius 3 is 2.25 bits per heavy atom. The molecule has 0 saturated carbocycles. The lowest BCUT2D eigenvalue weighted by Crippen LogP contribution is -2.16. The molecule has 0 aliphatic rings. The second kappa shape index (κ2) is 5.09. The summed E-state index contributed by atoms with van der Waals surface area (Å²) in [6.45, 7) is 3.79.